The number of rotatable bonds is 0. The number of nitrogens with zero attached hydrogens (tertiary/aromatic N) is 2. The van der Waals surface area contributed by atoms with Gasteiger partial charge in [-0.25, -0.2) is 0 Å². The molecule has 0 saturated carbocycles. The van der Waals surface area contributed by atoms with Crippen LogP contribution >= 0.6 is 15.9 Å². The summed E-state index contributed by atoms with van der Waals surface area (Å²) in [7, 11) is 0. The van der Waals surface area contributed by atoms with E-state index >= 15 is 0 Å². The van der Waals surface area contributed by atoms with Crippen molar-refractivity contribution in [3.8, 4) is 0 Å². The molecule has 3 rings (SSSR count). The summed E-state index contributed by atoms with van der Waals surface area (Å²) in [6, 6.07) is 0.238. The highest BCUT2D eigenvalue weighted by molar-refractivity contribution is 9.10. The lowest BCUT2D eigenvalue weighted by Crippen LogP contribution is -2.42. The van der Waals surface area contributed by atoms with E-state index in [0.717, 1.165) is 11.0 Å². The zero-order chi connectivity index (χ0) is 13.9. The lowest BCUT2D eigenvalue weighted by atomic mass is 9.70. The molecule has 1 aliphatic heterocycles. The highest BCUT2D eigenvalue weighted by Crippen LogP contribution is 2.59. The van der Waals surface area contributed by atoms with Crippen LogP contribution in [0.25, 0.3) is 0 Å². The summed E-state index contributed by atoms with van der Waals surface area (Å²) in [4.78, 5) is 18.9. The van der Waals surface area contributed by atoms with Crippen molar-refractivity contribution in [1.29, 1.82) is 0 Å². The molecule has 2 heterocycles. The number of likely N-dealkylation sites (tertiary alicyclic amines) is 1. The molecule has 0 spiro atoms. The first kappa shape index (κ1) is 13.1. The molecular weight excluding hydrogens is 304 g/mol. The summed E-state index contributed by atoms with van der Waals surface area (Å²) in [5.41, 5.74) is 2.27. The second-order valence-electron chi connectivity index (χ2n) is 6.78. The minimum Gasteiger partial charge on any atom is -0.334 e. The number of amides is 1. The van der Waals surface area contributed by atoms with Crippen molar-refractivity contribution in [1.82, 2.24) is 9.88 Å². The van der Waals surface area contributed by atoms with Crippen molar-refractivity contribution in [2.45, 2.75) is 39.7 Å². The molecule has 1 amide bonds. The number of aromatic nitrogens is 1. The highest BCUT2D eigenvalue weighted by atomic mass is 79.9. The number of carbonyl (C=O) groups excluding carboxylic acids is 1. The van der Waals surface area contributed by atoms with Crippen molar-refractivity contribution in [2.75, 3.05) is 6.54 Å². The van der Waals surface area contributed by atoms with Crippen molar-refractivity contribution in [3.05, 3.63) is 28.0 Å². The Morgan fingerprint density at radius 1 is 1.42 bits per heavy atom. The van der Waals surface area contributed by atoms with Crippen LogP contribution in [0, 0.1) is 11.3 Å². The Labute approximate surface area is 122 Å². The van der Waals surface area contributed by atoms with E-state index in [4.69, 9.17) is 0 Å². The van der Waals surface area contributed by atoms with Gasteiger partial charge in [-0.05, 0) is 33.0 Å². The van der Waals surface area contributed by atoms with Gasteiger partial charge in [0.1, 0.15) is 0 Å². The molecule has 19 heavy (non-hydrogen) atoms. The fourth-order valence-corrected chi connectivity index (χ4v) is 4.05. The van der Waals surface area contributed by atoms with Crippen LogP contribution in [0.2, 0.25) is 0 Å². The van der Waals surface area contributed by atoms with Crippen LogP contribution < -0.4 is 0 Å². The first-order valence-electron chi connectivity index (χ1n) is 6.76. The third-order valence-corrected chi connectivity index (χ3v) is 4.93. The number of hydrogen-bond donors (Lipinski definition) is 0. The van der Waals surface area contributed by atoms with Gasteiger partial charge in [0.15, 0.2) is 0 Å². The molecule has 1 aromatic heterocycles. The second kappa shape index (κ2) is 4.05. The predicted molar refractivity (Wildman–Crippen MR) is 77.8 cm³/mol. The maximum absolute atomic E-state index is 12.6. The van der Waals surface area contributed by atoms with E-state index in [0.29, 0.717) is 11.8 Å². The molecule has 3 atom stereocenters. The first-order chi connectivity index (χ1) is 8.82. The van der Waals surface area contributed by atoms with Gasteiger partial charge in [-0.2, -0.15) is 0 Å². The van der Waals surface area contributed by atoms with E-state index in [2.05, 4.69) is 32.7 Å². The predicted octanol–water partition coefficient (Wildman–Crippen LogP) is 3.51. The van der Waals surface area contributed by atoms with Crippen molar-refractivity contribution >= 4 is 21.8 Å². The van der Waals surface area contributed by atoms with E-state index in [1.165, 1.54) is 11.1 Å². The molecule has 0 bridgehead atoms. The fourth-order valence-electron chi connectivity index (χ4n) is 3.44. The van der Waals surface area contributed by atoms with Gasteiger partial charge in [-0.3, -0.25) is 9.78 Å². The molecule has 0 radical (unpaired) electrons. The van der Waals surface area contributed by atoms with Crippen molar-refractivity contribution < 1.29 is 4.79 Å². The minimum absolute atomic E-state index is 0.238. The molecule has 1 fully saturated rings. The Morgan fingerprint density at radius 2 is 2.11 bits per heavy atom. The first-order valence-corrected chi connectivity index (χ1v) is 7.56. The molecule has 1 saturated heterocycles. The van der Waals surface area contributed by atoms with Gasteiger partial charge < -0.3 is 4.90 Å². The van der Waals surface area contributed by atoms with Gasteiger partial charge in [-0.1, -0.05) is 27.7 Å². The molecule has 1 aromatic rings. The molecule has 0 N–H and O–H groups in total. The molecule has 4 heteroatoms. The van der Waals surface area contributed by atoms with Gasteiger partial charge in [0, 0.05) is 34.7 Å². The van der Waals surface area contributed by atoms with E-state index in [1.54, 1.807) is 0 Å². The summed E-state index contributed by atoms with van der Waals surface area (Å²) >= 11 is 3.59. The fraction of sp³-hybridized carbons (Fsp3) is 0.600. The Morgan fingerprint density at radius 3 is 2.74 bits per heavy atom. The van der Waals surface area contributed by atoms with Gasteiger partial charge in [0.05, 0.1) is 6.04 Å². The lowest BCUT2D eigenvalue weighted by Gasteiger charge is -2.41. The van der Waals surface area contributed by atoms with E-state index in [-0.39, 0.29) is 17.4 Å². The number of halogens is 1. The Kier molecular flexibility index (Phi) is 2.79. The Bertz CT molecular complexity index is 550. The number of fused-ring (bicyclic) bond motifs is 4. The van der Waals surface area contributed by atoms with Crippen LogP contribution in [0.4, 0.5) is 0 Å². The molecule has 3 nitrogen and oxygen atoms in total. The Hall–Kier alpha value is -0.900. The lowest BCUT2D eigenvalue weighted by molar-refractivity contribution is -0.141. The second-order valence-corrected chi connectivity index (χ2v) is 7.63. The van der Waals surface area contributed by atoms with Crippen LogP contribution in [-0.4, -0.2) is 22.3 Å². The highest BCUT2D eigenvalue weighted by Gasteiger charge is 2.53. The van der Waals surface area contributed by atoms with Crippen LogP contribution in [0.3, 0.4) is 0 Å². The van der Waals surface area contributed by atoms with Crippen LogP contribution in [0.1, 0.15) is 50.8 Å². The third-order valence-electron chi connectivity index (χ3n) is 4.30. The standard InChI is InChI=1S/C15H19BrN2O/c1-8-7-18(14(19)15(2,3)4)13-9-5-17-6-10(16)12(9)11(8)13/h5-6,8,11,13H,7H2,1-4H3/t8-,11?,13+/m0/s1. The molecule has 1 unspecified atom stereocenters. The number of pyridine rings is 1. The molecule has 1 aliphatic carbocycles. The average molecular weight is 323 g/mol. The topological polar surface area (TPSA) is 33.2 Å². The summed E-state index contributed by atoms with van der Waals surface area (Å²) < 4.78 is 1.09. The summed E-state index contributed by atoms with van der Waals surface area (Å²) in [5, 5.41) is 0. The number of carbonyl (C=O) groups is 1. The van der Waals surface area contributed by atoms with Gasteiger partial charge in [-0.15, -0.1) is 0 Å². The zero-order valence-electron chi connectivity index (χ0n) is 11.8. The van der Waals surface area contributed by atoms with Crippen molar-refractivity contribution in [3.63, 3.8) is 0 Å². The van der Waals surface area contributed by atoms with Crippen molar-refractivity contribution in [2.24, 2.45) is 11.3 Å². The normalized spacial score (nSPS) is 28.7. The molecular formula is C15H19BrN2O. The van der Waals surface area contributed by atoms with Crippen LogP contribution in [-0.2, 0) is 4.79 Å². The zero-order valence-corrected chi connectivity index (χ0v) is 13.4. The number of hydrogen-bond acceptors (Lipinski definition) is 2. The monoisotopic (exact) mass is 322 g/mol. The quantitative estimate of drug-likeness (QED) is 0.732. The van der Waals surface area contributed by atoms with Gasteiger partial charge in [0.2, 0.25) is 5.91 Å². The average Bonchev–Trinajstić information content (AvgIpc) is 2.55. The maximum atomic E-state index is 12.6. The van der Waals surface area contributed by atoms with E-state index < -0.39 is 0 Å². The largest absolute Gasteiger partial charge is 0.334 e. The van der Waals surface area contributed by atoms with Crippen LogP contribution in [0.5, 0.6) is 0 Å². The van der Waals surface area contributed by atoms with E-state index in [9.17, 15) is 4.79 Å². The van der Waals surface area contributed by atoms with E-state index in [1.807, 2.05) is 33.2 Å². The van der Waals surface area contributed by atoms with Crippen LogP contribution in [0.15, 0.2) is 16.9 Å². The molecule has 2 aliphatic rings. The van der Waals surface area contributed by atoms with Gasteiger partial charge in [0.25, 0.3) is 0 Å². The Balaban J connectivity index is 2.00. The summed E-state index contributed by atoms with van der Waals surface area (Å²) in [6.07, 6.45) is 3.78. The molecule has 102 valence electrons. The van der Waals surface area contributed by atoms with Gasteiger partial charge >= 0.3 is 0 Å². The SMILES string of the molecule is C[C@H]1CN(C(=O)C(C)(C)C)[C@@H]2c3cncc(Br)c3C21. The summed E-state index contributed by atoms with van der Waals surface area (Å²) in [5.74, 6) is 1.23. The summed E-state index contributed by atoms with van der Waals surface area (Å²) in [6.45, 7) is 9.07. The minimum atomic E-state index is -0.316. The smallest absolute Gasteiger partial charge is 0.228 e. The molecule has 0 aromatic carbocycles. The maximum Gasteiger partial charge on any atom is 0.228 e. The third kappa shape index (κ3) is 1.76.